The molecule has 1 rings (SSSR count). The van der Waals surface area contributed by atoms with E-state index < -0.39 is 16.1 Å². The third kappa shape index (κ3) is 2.75. The lowest BCUT2D eigenvalue weighted by Gasteiger charge is -2.23. The van der Waals surface area contributed by atoms with E-state index in [0.29, 0.717) is 0 Å². The first kappa shape index (κ1) is 13.5. The maximum atomic E-state index is 12.1. The Morgan fingerprint density at radius 2 is 1.94 bits per heavy atom. The second-order valence-electron chi connectivity index (χ2n) is 3.54. The average molecular weight is 257 g/mol. The molecule has 0 bridgehead atoms. The van der Waals surface area contributed by atoms with Crippen molar-refractivity contribution in [3.8, 4) is 0 Å². The lowest BCUT2D eigenvalue weighted by Crippen LogP contribution is -2.43. The van der Waals surface area contributed by atoms with Crippen LogP contribution in [0.5, 0.6) is 0 Å². The number of hydrogen-bond donors (Lipinski definition) is 2. The third-order valence-corrected chi connectivity index (χ3v) is 4.45. The van der Waals surface area contributed by atoms with E-state index in [0.717, 1.165) is 4.31 Å². The standard InChI is InChI=1S/C10H15N3O3S/c1-8(10(11)12-14)13(2)17(15,16)9-6-4-3-5-7-9/h3-8,14H,1-2H3,(H2,11,12)/t8-/m0/s1. The Kier molecular flexibility index (Phi) is 4.08. The summed E-state index contributed by atoms with van der Waals surface area (Å²) in [5.41, 5.74) is 5.39. The Balaban J connectivity index is 3.08. The molecule has 1 atom stereocenters. The van der Waals surface area contributed by atoms with Crippen LogP contribution in [0.4, 0.5) is 0 Å². The van der Waals surface area contributed by atoms with Crippen molar-refractivity contribution in [2.24, 2.45) is 10.9 Å². The number of hydrogen-bond acceptors (Lipinski definition) is 4. The van der Waals surface area contributed by atoms with E-state index in [-0.39, 0.29) is 10.7 Å². The van der Waals surface area contributed by atoms with Crippen molar-refractivity contribution in [2.75, 3.05) is 7.05 Å². The van der Waals surface area contributed by atoms with Gasteiger partial charge in [0.1, 0.15) is 0 Å². The quantitative estimate of drug-likeness (QED) is 0.354. The van der Waals surface area contributed by atoms with E-state index in [9.17, 15) is 8.42 Å². The number of rotatable bonds is 4. The van der Waals surface area contributed by atoms with Crippen LogP contribution in [0.3, 0.4) is 0 Å². The molecular weight excluding hydrogens is 242 g/mol. The molecule has 1 aromatic carbocycles. The highest BCUT2D eigenvalue weighted by Crippen LogP contribution is 2.15. The number of benzene rings is 1. The Morgan fingerprint density at radius 1 is 1.41 bits per heavy atom. The van der Waals surface area contributed by atoms with Gasteiger partial charge in [-0.15, -0.1) is 0 Å². The zero-order chi connectivity index (χ0) is 13.1. The van der Waals surface area contributed by atoms with Gasteiger partial charge in [0, 0.05) is 7.05 Å². The normalized spacial score (nSPS) is 14.9. The van der Waals surface area contributed by atoms with Crippen molar-refractivity contribution in [1.29, 1.82) is 0 Å². The molecule has 0 aliphatic rings. The molecule has 0 aliphatic carbocycles. The van der Waals surface area contributed by atoms with E-state index in [2.05, 4.69) is 5.16 Å². The van der Waals surface area contributed by atoms with Gasteiger partial charge in [0.2, 0.25) is 10.0 Å². The van der Waals surface area contributed by atoms with Gasteiger partial charge in [-0.05, 0) is 19.1 Å². The van der Waals surface area contributed by atoms with E-state index >= 15 is 0 Å². The summed E-state index contributed by atoms with van der Waals surface area (Å²) in [5, 5.41) is 11.3. The predicted octanol–water partition coefficient (Wildman–Crippen LogP) is 0.442. The zero-order valence-electron chi connectivity index (χ0n) is 9.61. The SMILES string of the molecule is C[C@@H](/C(N)=N/O)N(C)S(=O)(=O)c1ccccc1. The number of sulfonamides is 1. The maximum Gasteiger partial charge on any atom is 0.243 e. The summed E-state index contributed by atoms with van der Waals surface area (Å²) in [4.78, 5) is 0.167. The fourth-order valence-electron chi connectivity index (χ4n) is 1.24. The highest BCUT2D eigenvalue weighted by molar-refractivity contribution is 7.89. The minimum absolute atomic E-state index is 0.160. The van der Waals surface area contributed by atoms with E-state index in [1.165, 1.54) is 26.1 Å². The largest absolute Gasteiger partial charge is 0.409 e. The Bertz CT molecular complexity index is 499. The van der Waals surface area contributed by atoms with Crippen molar-refractivity contribution >= 4 is 15.9 Å². The van der Waals surface area contributed by atoms with Gasteiger partial charge < -0.3 is 10.9 Å². The minimum Gasteiger partial charge on any atom is -0.409 e. The Morgan fingerprint density at radius 3 is 2.41 bits per heavy atom. The van der Waals surface area contributed by atoms with Crippen molar-refractivity contribution in [3.63, 3.8) is 0 Å². The second kappa shape index (κ2) is 5.15. The smallest absolute Gasteiger partial charge is 0.243 e. The van der Waals surface area contributed by atoms with Crippen LogP contribution in [-0.4, -0.2) is 36.9 Å². The van der Waals surface area contributed by atoms with Crippen molar-refractivity contribution < 1.29 is 13.6 Å². The van der Waals surface area contributed by atoms with Gasteiger partial charge in [-0.3, -0.25) is 0 Å². The molecule has 0 heterocycles. The van der Waals surface area contributed by atoms with Gasteiger partial charge in [-0.1, -0.05) is 23.4 Å². The van der Waals surface area contributed by atoms with E-state index in [1.54, 1.807) is 18.2 Å². The number of nitrogens with two attached hydrogens (primary N) is 1. The van der Waals surface area contributed by atoms with E-state index in [1.807, 2.05) is 0 Å². The van der Waals surface area contributed by atoms with Crippen molar-refractivity contribution in [2.45, 2.75) is 17.9 Å². The molecule has 1 aromatic rings. The Labute approximate surface area is 100 Å². The van der Waals surface area contributed by atoms with Crippen LogP contribution in [0.1, 0.15) is 6.92 Å². The first-order chi connectivity index (χ1) is 7.91. The van der Waals surface area contributed by atoms with Crippen LogP contribution >= 0.6 is 0 Å². The van der Waals surface area contributed by atoms with Crippen LogP contribution in [0.15, 0.2) is 40.4 Å². The molecule has 0 spiro atoms. The highest BCUT2D eigenvalue weighted by atomic mass is 32.2. The van der Waals surface area contributed by atoms with Crippen LogP contribution in [-0.2, 0) is 10.0 Å². The van der Waals surface area contributed by atoms with Crippen LogP contribution in [0, 0.1) is 0 Å². The molecule has 3 N–H and O–H groups in total. The zero-order valence-corrected chi connectivity index (χ0v) is 10.4. The summed E-state index contributed by atoms with van der Waals surface area (Å²) in [6.07, 6.45) is 0. The monoisotopic (exact) mass is 257 g/mol. The molecule has 6 nitrogen and oxygen atoms in total. The lowest BCUT2D eigenvalue weighted by atomic mass is 10.3. The molecule has 0 aliphatic heterocycles. The molecule has 0 fully saturated rings. The molecule has 0 amide bonds. The van der Waals surface area contributed by atoms with Gasteiger partial charge in [-0.25, -0.2) is 8.42 Å². The average Bonchev–Trinajstić information content (AvgIpc) is 2.37. The van der Waals surface area contributed by atoms with Crippen LogP contribution < -0.4 is 5.73 Å². The molecule has 7 heteroatoms. The molecule has 94 valence electrons. The number of nitrogens with zero attached hydrogens (tertiary/aromatic N) is 2. The molecule has 0 unspecified atom stereocenters. The fourth-order valence-corrected chi connectivity index (χ4v) is 2.59. The van der Waals surface area contributed by atoms with Crippen LogP contribution in [0.2, 0.25) is 0 Å². The van der Waals surface area contributed by atoms with Gasteiger partial charge >= 0.3 is 0 Å². The highest BCUT2D eigenvalue weighted by Gasteiger charge is 2.27. The van der Waals surface area contributed by atoms with Crippen LogP contribution in [0.25, 0.3) is 0 Å². The minimum atomic E-state index is -3.63. The summed E-state index contributed by atoms with van der Waals surface area (Å²) in [6, 6.07) is 7.26. The predicted molar refractivity (Wildman–Crippen MR) is 64.3 cm³/mol. The molecule has 0 saturated carbocycles. The van der Waals surface area contributed by atoms with Gasteiger partial charge in [-0.2, -0.15) is 4.31 Å². The maximum absolute atomic E-state index is 12.1. The summed E-state index contributed by atoms with van der Waals surface area (Å²) >= 11 is 0. The number of likely N-dealkylation sites (N-methyl/N-ethyl adjacent to an activating group) is 1. The fraction of sp³-hybridized carbons (Fsp3) is 0.300. The lowest BCUT2D eigenvalue weighted by molar-refractivity contribution is 0.311. The topological polar surface area (TPSA) is 96.0 Å². The number of amidine groups is 1. The van der Waals surface area contributed by atoms with Gasteiger partial charge in [0.15, 0.2) is 5.84 Å². The summed E-state index contributed by atoms with van der Waals surface area (Å²) in [5.74, 6) is -0.160. The van der Waals surface area contributed by atoms with Crippen molar-refractivity contribution in [3.05, 3.63) is 30.3 Å². The first-order valence-electron chi connectivity index (χ1n) is 4.91. The van der Waals surface area contributed by atoms with Gasteiger partial charge in [0.05, 0.1) is 10.9 Å². The number of oxime groups is 1. The molecular formula is C10H15N3O3S. The molecule has 0 radical (unpaired) electrons. The van der Waals surface area contributed by atoms with Gasteiger partial charge in [0.25, 0.3) is 0 Å². The van der Waals surface area contributed by atoms with Crippen molar-refractivity contribution in [1.82, 2.24) is 4.31 Å². The third-order valence-electron chi connectivity index (χ3n) is 2.51. The van der Waals surface area contributed by atoms with E-state index in [4.69, 9.17) is 10.9 Å². The molecule has 0 saturated heterocycles. The molecule has 0 aromatic heterocycles. The first-order valence-corrected chi connectivity index (χ1v) is 6.35. The second-order valence-corrected chi connectivity index (χ2v) is 5.53. The summed E-state index contributed by atoms with van der Waals surface area (Å²) in [6.45, 7) is 1.54. The summed E-state index contributed by atoms with van der Waals surface area (Å²) in [7, 11) is -2.25. The molecule has 17 heavy (non-hydrogen) atoms. The Hall–Kier alpha value is -1.60. The summed E-state index contributed by atoms with van der Waals surface area (Å²) < 4.78 is 25.3.